The van der Waals surface area contributed by atoms with Gasteiger partial charge in [-0.05, 0) is 33.6 Å². The van der Waals surface area contributed by atoms with E-state index in [1.807, 2.05) is 20.8 Å². The molecule has 22 heavy (non-hydrogen) atoms. The number of amides is 2. The number of carbonyl (C=O) groups excluding carboxylic acids is 2. The third-order valence-electron chi connectivity index (χ3n) is 3.30. The number of nitrogens with one attached hydrogen (secondary N) is 1. The molecule has 1 unspecified atom stereocenters. The van der Waals surface area contributed by atoms with Gasteiger partial charge in [0.1, 0.15) is 11.3 Å². The highest BCUT2D eigenvalue weighted by atomic mass is 16.6. The lowest BCUT2D eigenvalue weighted by Gasteiger charge is -2.25. The van der Waals surface area contributed by atoms with Crippen LogP contribution in [-0.4, -0.2) is 51.6 Å². The SMILES string of the molecule is CC(C)(C)OC(=O)NCC1CCCN1C(=O)c1cnccn1. The zero-order valence-corrected chi connectivity index (χ0v) is 13.2. The van der Waals surface area contributed by atoms with E-state index in [4.69, 9.17) is 4.74 Å². The predicted octanol–water partition coefficient (Wildman–Crippen LogP) is 1.61. The van der Waals surface area contributed by atoms with Gasteiger partial charge in [0.25, 0.3) is 5.91 Å². The van der Waals surface area contributed by atoms with Crippen molar-refractivity contribution >= 4 is 12.0 Å². The Morgan fingerprint density at radius 2 is 2.18 bits per heavy atom. The van der Waals surface area contributed by atoms with Gasteiger partial charge in [-0.1, -0.05) is 0 Å². The monoisotopic (exact) mass is 306 g/mol. The molecule has 1 aromatic heterocycles. The van der Waals surface area contributed by atoms with Gasteiger partial charge < -0.3 is 15.0 Å². The molecule has 7 heteroatoms. The molecule has 1 fully saturated rings. The van der Waals surface area contributed by atoms with Gasteiger partial charge >= 0.3 is 6.09 Å². The van der Waals surface area contributed by atoms with Crippen LogP contribution in [0.25, 0.3) is 0 Å². The molecule has 0 radical (unpaired) electrons. The quantitative estimate of drug-likeness (QED) is 0.917. The summed E-state index contributed by atoms with van der Waals surface area (Å²) in [7, 11) is 0. The summed E-state index contributed by atoms with van der Waals surface area (Å²) in [5.74, 6) is -0.151. The molecule has 0 spiro atoms. The minimum absolute atomic E-state index is 0.0398. The smallest absolute Gasteiger partial charge is 0.407 e. The molecule has 1 aliphatic heterocycles. The fourth-order valence-corrected chi connectivity index (χ4v) is 2.39. The number of hydrogen-bond acceptors (Lipinski definition) is 5. The number of likely N-dealkylation sites (tertiary alicyclic amines) is 1. The lowest BCUT2D eigenvalue weighted by Crippen LogP contribution is -2.44. The molecule has 0 aliphatic carbocycles. The van der Waals surface area contributed by atoms with Crippen LogP contribution in [0.5, 0.6) is 0 Å². The van der Waals surface area contributed by atoms with E-state index in [2.05, 4.69) is 15.3 Å². The number of carbonyl (C=O) groups is 2. The minimum atomic E-state index is -0.533. The Bertz CT molecular complexity index is 527. The summed E-state index contributed by atoms with van der Waals surface area (Å²) in [6, 6.07) is -0.0398. The van der Waals surface area contributed by atoms with Crippen molar-refractivity contribution in [1.82, 2.24) is 20.2 Å². The number of rotatable bonds is 3. The van der Waals surface area contributed by atoms with E-state index in [0.717, 1.165) is 12.8 Å². The molecular formula is C15H22N4O3. The van der Waals surface area contributed by atoms with Crippen LogP contribution >= 0.6 is 0 Å². The molecular weight excluding hydrogens is 284 g/mol. The fourth-order valence-electron chi connectivity index (χ4n) is 2.39. The van der Waals surface area contributed by atoms with Crippen LogP contribution in [0.3, 0.4) is 0 Å². The Morgan fingerprint density at radius 3 is 2.82 bits per heavy atom. The number of nitrogens with zero attached hydrogens (tertiary/aromatic N) is 3. The Morgan fingerprint density at radius 1 is 1.41 bits per heavy atom. The average Bonchev–Trinajstić information content (AvgIpc) is 2.92. The molecule has 1 N–H and O–H groups in total. The van der Waals surface area contributed by atoms with E-state index in [0.29, 0.717) is 18.8 Å². The van der Waals surface area contributed by atoms with Crippen LogP contribution in [0.2, 0.25) is 0 Å². The fraction of sp³-hybridized carbons (Fsp3) is 0.600. The number of aromatic nitrogens is 2. The molecule has 7 nitrogen and oxygen atoms in total. The minimum Gasteiger partial charge on any atom is -0.444 e. The van der Waals surface area contributed by atoms with E-state index in [1.165, 1.54) is 18.6 Å². The third-order valence-corrected chi connectivity index (χ3v) is 3.30. The summed E-state index contributed by atoms with van der Waals surface area (Å²) in [4.78, 5) is 33.8. The molecule has 1 saturated heterocycles. The van der Waals surface area contributed by atoms with Crippen molar-refractivity contribution in [1.29, 1.82) is 0 Å². The molecule has 1 aromatic rings. The zero-order chi connectivity index (χ0) is 16.2. The molecule has 0 saturated carbocycles. The Hall–Kier alpha value is -2.18. The third kappa shape index (κ3) is 4.41. The topological polar surface area (TPSA) is 84.4 Å². The van der Waals surface area contributed by atoms with Gasteiger partial charge in [-0.25, -0.2) is 9.78 Å². The van der Waals surface area contributed by atoms with Crippen molar-refractivity contribution in [3.63, 3.8) is 0 Å². The molecule has 0 bridgehead atoms. The normalized spacial score (nSPS) is 18.1. The number of hydrogen-bond donors (Lipinski definition) is 1. The maximum Gasteiger partial charge on any atom is 0.407 e. The van der Waals surface area contributed by atoms with Crippen LogP contribution in [-0.2, 0) is 4.74 Å². The van der Waals surface area contributed by atoms with Gasteiger partial charge in [0, 0.05) is 31.5 Å². The van der Waals surface area contributed by atoms with Gasteiger partial charge in [0.2, 0.25) is 0 Å². The maximum atomic E-state index is 12.4. The lowest BCUT2D eigenvalue weighted by molar-refractivity contribution is 0.0501. The highest BCUT2D eigenvalue weighted by Gasteiger charge is 2.30. The second-order valence-corrected chi connectivity index (χ2v) is 6.27. The van der Waals surface area contributed by atoms with E-state index in [1.54, 1.807) is 4.90 Å². The summed E-state index contributed by atoms with van der Waals surface area (Å²) in [6.07, 6.45) is 5.78. The first-order valence-corrected chi connectivity index (χ1v) is 7.40. The average molecular weight is 306 g/mol. The first-order valence-electron chi connectivity index (χ1n) is 7.40. The van der Waals surface area contributed by atoms with Crippen molar-refractivity contribution in [2.45, 2.75) is 45.3 Å². The van der Waals surface area contributed by atoms with Gasteiger partial charge in [0.05, 0.1) is 6.20 Å². The molecule has 1 atom stereocenters. The summed E-state index contributed by atoms with van der Waals surface area (Å²) < 4.78 is 5.20. The molecule has 2 rings (SSSR count). The van der Waals surface area contributed by atoms with Crippen LogP contribution in [0.4, 0.5) is 4.79 Å². The van der Waals surface area contributed by atoms with E-state index >= 15 is 0 Å². The van der Waals surface area contributed by atoms with Gasteiger partial charge in [0.15, 0.2) is 0 Å². The van der Waals surface area contributed by atoms with Crippen LogP contribution < -0.4 is 5.32 Å². The van der Waals surface area contributed by atoms with Crippen LogP contribution in [0.15, 0.2) is 18.6 Å². The van der Waals surface area contributed by atoms with Crippen LogP contribution in [0, 0.1) is 0 Å². The highest BCUT2D eigenvalue weighted by molar-refractivity contribution is 5.92. The molecule has 1 aliphatic rings. The second-order valence-electron chi connectivity index (χ2n) is 6.27. The Labute approximate surface area is 130 Å². The zero-order valence-electron chi connectivity index (χ0n) is 13.2. The molecule has 0 aromatic carbocycles. The van der Waals surface area contributed by atoms with Gasteiger partial charge in [-0.3, -0.25) is 9.78 Å². The number of alkyl carbamates (subject to hydrolysis) is 1. The largest absolute Gasteiger partial charge is 0.444 e. The predicted molar refractivity (Wildman–Crippen MR) is 80.3 cm³/mol. The first kappa shape index (κ1) is 16.2. The molecule has 2 amide bonds. The van der Waals surface area contributed by atoms with Crippen molar-refractivity contribution < 1.29 is 14.3 Å². The molecule has 2 heterocycles. The second kappa shape index (κ2) is 6.72. The van der Waals surface area contributed by atoms with Crippen molar-refractivity contribution in [3.05, 3.63) is 24.3 Å². The Balaban J connectivity index is 1.91. The summed E-state index contributed by atoms with van der Waals surface area (Å²) >= 11 is 0. The van der Waals surface area contributed by atoms with Crippen molar-refractivity contribution in [3.8, 4) is 0 Å². The molecule has 120 valence electrons. The summed E-state index contributed by atoms with van der Waals surface area (Å²) in [5.41, 5.74) is -0.207. The van der Waals surface area contributed by atoms with Gasteiger partial charge in [-0.2, -0.15) is 0 Å². The van der Waals surface area contributed by atoms with E-state index in [9.17, 15) is 9.59 Å². The van der Waals surface area contributed by atoms with E-state index in [-0.39, 0.29) is 11.9 Å². The lowest BCUT2D eigenvalue weighted by atomic mass is 10.2. The summed E-state index contributed by atoms with van der Waals surface area (Å²) in [6.45, 7) is 6.47. The van der Waals surface area contributed by atoms with Crippen molar-refractivity contribution in [2.75, 3.05) is 13.1 Å². The highest BCUT2D eigenvalue weighted by Crippen LogP contribution is 2.19. The standard InChI is InChI=1S/C15H22N4O3/c1-15(2,3)22-14(21)18-9-11-5-4-8-19(11)13(20)12-10-16-6-7-17-12/h6-7,10-11H,4-5,8-9H2,1-3H3,(H,18,21). The summed E-state index contributed by atoms with van der Waals surface area (Å²) in [5, 5.41) is 2.73. The van der Waals surface area contributed by atoms with E-state index < -0.39 is 11.7 Å². The Kier molecular flexibility index (Phi) is 4.95. The maximum absolute atomic E-state index is 12.4. The van der Waals surface area contributed by atoms with Crippen LogP contribution in [0.1, 0.15) is 44.1 Å². The first-order chi connectivity index (χ1) is 10.4. The van der Waals surface area contributed by atoms with Gasteiger partial charge in [-0.15, -0.1) is 0 Å². The van der Waals surface area contributed by atoms with Crippen molar-refractivity contribution in [2.24, 2.45) is 0 Å². The number of ether oxygens (including phenoxy) is 1.